The Morgan fingerprint density at radius 2 is 0.911 bits per heavy atom. The number of carbonyl (C=O) groups excluding carboxylic acids is 6. The summed E-state index contributed by atoms with van der Waals surface area (Å²) in [4.78, 5) is 84.3. The molecule has 9 nitrogen and oxygen atoms in total. The van der Waals surface area contributed by atoms with Crippen LogP contribution in [0, 0.1) is 11.8 Å². The number of carbonyl (C=O) groups is 6. The largest absolute Gasteiger partial charge is 0.325 e. The summed E-state index contributed by atoms with van der Waals surface area (Å²) < 4.78 is 0. The Bertz CT molecular complexity index is 2100. The van der Waals surface area contributed by atoms with Crippen molar-refractivity contribution in [3.8, 4) is 11.1 Å². The quantitative estimate of drug-likeness (QED) is 0.120. The minimum absolute atomic E-state index is 0.0333. The molecule has 0 aromatic heterocycles. The average molecular weight is 750 g/mol. The van der Waals surface area contributed by atoms with Gasteiger partial charge < -0.3 is 16.0 Å². The molecule has 0 radical (unpaired) electrons. The van der Waals surface area contributed by atoms with Gasteiger partial charge in [0.25, 0.3) is 0 Å². The number of anilines is 2. The Morgan fingerprint density at radius 3 is 1.39 bits per heavy atom. The Morgan fingerprint density at radius 1 is 0.482 bits per heavy atom. The first kappa shape index (κ1) is 37.4. The van der Waals surface area contributed by atoms with E-state index < -0.39 is 23.1 Å². The van der Waals surface area contributed by atoms with Crippen LogP contribution in [0.1, 0.15) is 147 Å². The third-order valence-electron chi connectivity index (χ3n) is 12.2. The maximum atomic E-state index is 14.5. The van der Waals surface area contributed by atoms with Gasteiger partial charge in [0.2, 0.25) is 11.8 Å². The third-order valence-corrected chi connectivity index (χ3v) is 12.2. The maximum absolute atomic E-state index is 14.5. The van der Waals surface area contributed by atoms with Crippen LogP contribution in [0.15, 0.2) is 72.8 Å². The zero-order chi connectivity index (χ0) is 38.8. The summed E-state index contributed by atoms with van der Waals surface area (Å²) >= 11 is 0. The van der Waals surface area contributed by atoms with E-state index in [9.17, 15) is 28.8 Å². The predicted octanol–water partition coefficient (Wildman–Crippen LogP) is 8.70. The molecule has 4 aliphatic rings. The van der Waals surface area contributed by atoms with Gasteiger partial charge in [0.15, 0.2) is 23.1 Å². The molecule has 0 unspecified atom stereocenters. The molecule has 286 valence electrons. The van der Waals surface area contributed by atoms with Gasteiger partial charge in [-0.15, -0.1) is 0 Å². The number of hydrogen-bond donors (Lipinski definition) is 3. The van der Waals surface area contributed by atoms with E-state index in [1.165, 1.54) is 51.4 Å². The number of amides is 2. The van der Waals surface area contributed by atoms with Crippen LogP contribution in [-0.4, -0.2) is 48.0 Å². The molecule has 2 fully saturated rings. The molecule has 4 aromatic carbocycles. The van der Waals surface area contributed by atoms with Gasteiger partial charge in [0.1, 0.15) is 0 Å². The topological polar surface area (TPSA) is 139 Å². The zero-order valence-electron chi connectivity index (χ0n) is 31.6. The van der Waals surface area contributed by atoms with Crippen molar-refractivity contribution in [1.82, 2.24) is 5.32 Å². The highest BCUT2D eigenvalue weighted by molar-refractivity contribution is 6.35. The van der Waals surface area contributed by atoms with E-state index in [1.54, 1.807) is 72.8 Å². The van der Waals surface area contributed by atoms with E-state index in [2.05, 4.69) is 16.0 Å². The van der Waals surface area contributed by atoms with Crippen LogP contribution in [0.25, 0.3) is 11.1 Å². The first-order valence-electron chi connectivity index (χ1n) is 20.3. The molecule has 4 aliphatic carbocycles. The molecular formula is C47H47N3O6. The first-order chi connectivity index (χ1) is 27.3. The second-order valence-corrected chi connectivity index (χ2v) is 15.9. The minimum atomic E-state index is -0.434. The zero-order valence-corrected chi connectivity index (χ0v) is 31.6. The summed E-state index contributed by atoms with van der Waals surface area (Å²) in [6, 6.07) is 19.6. The van der Waals surface area contributed by atoms with Gasteiger partial charge in [-0.05, 0) is 67.3 Å². The van der Waals surface area contributed by atoms with Crippen LogP contribution in [0.5, 0.6) is 0 Å². The SMILES string of the molecule is O=C(CCCC1CCCCC1)Nc1ccc(-c2ccc(NC(=O)CNCC3CCCCC3)c3c2C(=O)c2ccccc2C3=O)c2c1C(=O)c1ccccc1C2=O. The van der Waals surface area contributed by atoms with Crippen LogP contribution >= 0.6 is 0 Å². The fourth-order valence-corrected chi connectivity index (χ4v) is 9.32. The molecule has 3 N–H and O–H groups in total. The van der Waals surface area contributed by atoms with Crippen molar-refractivity contribution < 1.29 is 28.8 Å². The normalized spacial score (nSPS) is 16.8. The van der Waals surface area contributed by atoms with Crippen molar-refractivity contribution >= 4 is 46.3 Å². The summed E-state index contributed by atoms with van der Waals surface area (Å²) in [5.74, 6) is -1.13. The van der Waals surface area contributed by atoms with E-state index in [0.29, 0.717) is 18.3 Å². The van der Waals surface area contributed by atoms with Crippen LogP contribution in [-0.2, 0) is 9.59 Å². The highest BCUT2D eigenvalue weighted by atomic mass is 16.2. The molecule has 2 amide bonds. The van der Waals surface area contributed by atoms with Gasteiger partial charge in [-0.2, -0.15) is 0 Å². The molecule has 9 heteroatoms. The van der Waals surface area contributed by atoms with E-state index in [1.807, 2.05) is 0 Å². The van der Waals surface area contributed by atoms with E-state index in [4.69, 9.17) is 0 Å². The second-order valence-electron chi connectivity index (χ2n) is 15.9. The predicted molar refractivity (Wildman–Crippen MR) is 216 cm³/mol. The average Bonchev–Trinajstić information content (AvgIpc) is 3.22. The second kappa shape index (κ2) is 16.3. The number of hydrogen-bond acceptors (Lipinski definition) is 7. The van der Waals surface area contributed by atoms with Crippen LogP contribution < -0.4 is 16.0 Å². The monoisotopic (exact) mass is 749 g/mol. The molecule has 8 rings (SSSR count). The molecule has 0 aliphatic heterocycles. The van der Waals surface area contributed by atoms with Crippen LogP contribution in [0.4, 0.5) is 11.4 Å². The summed E-state index contributed by atoms with van der Waals surface area (Å²) in [6.07, 6.45) is 14.0. The fraction of sp³-hybridized carbons (Fsp3) is 0.362. The molecule has 56 heavy (non-hydrogen) atoms. The standard InChI is InChI=1S/C47H47N3O6/c51-38(21-11-16-28-12-3-1-4-13-28)49-36-24-22-30(40-42(36)46(55)34-19-9-7-17-32(34)44(40)53)31-23-25-37(50-39(52)27-48-26-29-14-5-2-6-15-29)43-41(31)45(54)33-18-8-10-20-35(33)47(43)56/h7-10,17-20,22-25,28-29,48H,1-6,11-16,21,26-27H2,(H,49,51)(H,50,52). The number of nitrogens with one attached hydrogen (secondary N) is 3. The lowest BCUT2D eigenvalue weighted by molar-refractivity contribution is -0.116. The fourth-order valence-electron chi connectivity index (χ4n) is 9.32. The molecule has 2 saturated carbocycles. The summed E-state index contributed by atoms with van der Waals surface area (Å²) in [5, 5.41) is 9.09. The molecular weight excluding hydrogens is 703 g/mol. The molecule has 0 spiro atoms. The third kappa shape index (κ3) is 7.28. The van der Waals surface area contributed by atoms with Gasteiger partial charge in [-0.1, -0.05) is 112 Å². The summed E-state index contributed by atoms with van der Waals surface area (Å²) in [6.45, 7) is 0.774. The van der Waals surface area contributed by atoms with Crippen molar-refractivity contribution in [3.05, 3.63) is 117 Å². The smallest absolute Gasteiger partial charge is 0.238 e. The van der Waals surface area contributed by atoms with Gasteiger partial charge in [-0.25, -0.2) is 0 Å². The summed E-state index contributed by atoms with van der Waals surface area (Å²) in [7, 11) is 0. The van der Waals surface area contributed by atoms with Gasteiger partial charge >= 0.3 is 0 Å². The number of rotatable bonds is 11. The van der Waals surface area contributed by atoms with Crippen molar-refractivity contribution in [1.29, 1.82) is 0 Å². The van der Waals surface area contributed by atoms with Crippen molar-refractivity contribution in [3.63, 3.8) is 0 Å². The van der Waals surface area contributed by atoms with E-state index in [0.717, 1.165) is 32.2 Å². The van der Waals surface area contributed by atoms with Gasteiger partial charge in [0.05, 0.1) is 29.0 Å². The molecule has 0 saturated heterocycles. The first-order valence-corrected chi connectivity index (χ1v) is 20.3. The molecule has 0 heterocycles. The highest BCUT2D eigenvalue weighted by Crippen LogP contribution is 2.44. The van der Waals surface area contributed by atoms with Gasteiger partial charge in [0, 0.05) is 39.8 Å². The molecule has 0 atom stereocenters. The van der Waals surface area contributed by atoms with Crippen molar-refractivity contribution in [2.75, 3.05) is 23.7 Å². The lowest BCUT2D eigenvalue weighted by Crippen LogP contribution is -2.33. The Labute approximate surface area is 327 Å². The molecule has 4 aromatic rings. The van der Waals surface area contributed by atoms with Crippen molar-refractivity contribution in [2.45, 2.75) is 83.5 Å². The number of ketones is 4. The lowest BCUT2D eigenvalue weighted by atomic mass is 9.75. The maximum Gasteiger partial charge on any atom is 0.238 e. The Hall–Kier alpha value is -5.54. The van der Waals surface area contributed by atoms with Gasteiger partial charge in [-0.3, -0.25) is 28.8 Å². The Balaban J connectivity index is 1.17. The van der Waals surface area contributed by atoms with Crippen molar-refractivity contribution in [2.24, 2.45) is 11.8 Å². The lowest BCUT2D eigenvalue weighted by Gasteiger charge is -2.27. The Kier molecular flexibility index (Phi) is 10.9. The van der Waals surface area contributed by atoms with Crippen LogP contribution in [0.2, 0.25) is 0 Å². The highest BCUT2D eigenvalue weighted by Gasteiger charge is 2.38. The number of fused-ring (bicyclic) bond motifs is 4. The van der Waals surface area contributed by atoms with Crippen LogP contribution in [0.3, 0.4) is 0 Å². The van der Waals surface area contributed by atoms with E-state index in [-0.39, 0.29) is 85.4 Å². The number of benzene rings is 4. The molecule has 0 bridgehead atoms. The summed E-state index contributed by atoms with van der Waals surface area (Å²) in [5.41, 5.74) is 2.05. The minimum Gasteiger partial charge on any atom is -0.325 e. The van der Waals surface area contributed by atoms with E-state index >= 15 is 0 Å².